The molecule has 2 amide bonds. The third-order valence-electron chi connectivity index (χ3n) is 10.3. The van der Waals surface area contributed by atoms with E-state index in [1.54, 1.807) is 48.9 Å². The smallest absolute Gasteiger partial charge is 0.355 e. The number of thioether (sulfide) groups is 1. The lowest BCUT2D eigenvalue weighted by Gasteiger charge is -2.49. The summed E-state index contributed by atoms with van der Waals surface area (Å²) >= 11 is 2.63. The molecule has 2 aromatic heterocycles. The van der Waals surface area contributed by atoms with Crippen LogP contribution in [-0.4, -0.2) is 83.2 Å². The molecule has 17 heteroatoms. The standard InChI is InChI=1S/C47H41FN6O8S2/c1-58-35-21-18-30(19-22-35)27-61-45(57)41-31(20-23-36-26-38(52-62-36)60-25-24-48)28-63-44-40(43(56)54(41)44)50-42(55)39(53-59-2)37-29-64-46(49-37)51-47(32-12-6-3-7-13-32,33-14-8-4-9-15-33)34-16-10-5-11-17-34/h3-23,26,29,40,44H,24-25,27-28H2,1-2H3,(H,49,51)(H,50,55)/b23-20-,53-39-/t40-,44-/m1/s1. The normalized spacial score (nSPS) is 16.2. The molecule has 2 atom stereocenters. The molecule has 0 bridgehead atoms. The number of carbonyl (C=O) groups excluding carboxylic acids is 3. The monoisotopic (exact) mass is 900 g/mol. The number of nitrogens with one attached hydrogen (secondary N) is 2. The minimum Gasteiger partial charge on any atom is -0.497 e. The summed E-state index contributed by atoms with van der Waals surface area (Å²) in [6, 6.07) is 37.5. The number of rotatable bonds is 18. The van der Waals surface area contributed by atoms with E-state index in [-0.39, 0.29) is 47.7 Å². The van der Waals surface area contributed by atoms with E-state index < -0.39 is 41.4 Å². The number of methoxy groups -OCH3 is 1. The van der Waals surface area contributed by atoms with Crippen molar-refractivity contribution in [1.29, 1.82) is 0 Å². The van der Waals surface area contributed by atoms with Crippen molar-refractivity contribution in [3.8, 4) is 11.6 Å². The van der Waals surface area contributed by atoms with Crippen LogP contribution in [0.15, 0.2) is 154 Å². The number of thiazole rings is 1. The molecule has 0 unspecified atom stereocenters. The number of hydrogen-bond acceptors (Lipinski definition) is 14. The first-order valence-corrected chi connectivity index (χ1v) is 21.9. The van der Waals surface area contributed by atoms with Crippen LogP contribution in [0.1, 0.15) is 33.7 Å². The van der Waals surface area contributed by atoms with Gasteiger partial charge in [0.15, 0.2) is 16.6 Å². The zero-order valence-electron chi connectivity index (χ0n) is 34.5. The van der Waals surface area contributed by atoms with E-state index in [2.05, 4.69) is 57.3 Å². The number of anilines is 1. The van der Waals surface area contributed by atoms with Crippen molar-refractivity contribution < 1.29 is 42.3 Å². The third-order valence-corrected chi connectivity index (χ3v) is 12.4. The third kappa shape index (κ3) is 9.12. The number of carbonyl (C=O) groups is 3. The van der Waals surface area contributed by atoms with Gasteiger partial charge in [-0.05, 0) is 51.2 Å². The van der Waals surface area contributed by atoms with Crippen molar-refractivity contribution >= 4 is 57.8 Å². The molecule has 0 saturated carbocycles. The number of amides is 2. The summed E-state index contributed by atoms with van der Waals surface area (Å²) in [5, 5.41) is 15.9. The van der Waals surface area contributed by atoms with Gasteiger partial charge >= 0.3 is 5.97 Å². The number of benzene rings is 4. The van der Waals surface area contributed by atoms with Gasteiger partial charge in [-0.15, -0.1) is 23.1 Å². The second-order valence-electron chi connectivity index (χ2n) is 14.2. The summed E-state index contributed by atoms with van der Waals surface area (Å²) in [5.41, 5.74) is 3.27. The second-order valence-corrected chi connectivity index (χ2v) is 16.2. The predicted octanol–water partition coefficient (Wildman–Crippen LogP) is 7.35. The number of β-lactam (4-membered cyclic amide) rings is 1. The van der Waals surface area contributed by atoms with Gasteiger partial charge in [0.1, 0.15) is 61.1 Å². The molecule has 4 aromatic carbocycles. The molecule has 1 saturated heterocycles. The molecule has 326 valence electrons. The summed E-state index contributed by atoms with van der Waals surface area (Å²) in [4.78, 5) is 53.3. The van der Waals surface area contributed by atoms with Crippen LogP contribution in [0.5, 0.6) is 11.6 Å². The van der Waals surface area contributed by atoms with Crippen LogP contribution in [0, 0.1) is 0 Å². The predicted molar refractivity (Wildman–Crippen MR) is 240 cm³/mol. The van der Waals surface area contributed by atoms with Crippen molar-refractivity contribution in [2.24, 2.45) is 5.16 Å². The van der Waals surface area contributed by atoms with Crippen molar-refractivity contribution in [3.05, 3.63) is 178 Å². The Morgan fingerprint density at radius 2 is 1.59 bits per heavy atom. The summed E-state index contributed by atoms with van der Waals surface area (Å²) in [5.74, 6) is -0.709. The number of aromatic nitrogens is 2. The molecule has 14 nitrogen and oxygen atoms in total. The number of ether oxygens (including phenoxy) is 3. The number of hydrogen-bond donors (Lipinski definition) is 2. The molecular weight excluding hydrogens is 860 g/mol. The van der Waals surface area contributed by atoms with Crippen LogP contribution in [0.2, 0.25) is 0 Å². The fourth-order valence-electron chi connectivity index (χ4n) is 7.33. The average molecular weight is 901 g/mol. The Labute approximate surface area is 375 Å². The van der Waals surface area contributed by atoms with Gasteiger partial charge in [-0.2, -0.15) is 0 Å². The van der Waals surface area contributed by atoms with Crippen LogP contribution < -0.4 is 20.1 Å². The molecule has 8 rings (SSSR count). The van der Waals surface area contributed by atoms with Crippen LogP contribution in [0.3, 0.4) is 0 Å². The van der Waals surface area contributed by atoms with Gasteiger partial charge < -0.3 is 34.2 Å². The minimum atomic E-state index is -1.03. The molecule has 2 N–H and O–H groups in total. The summed E-state index contributed by atoms with van der Waals surface area (Å²) in [6.07, 6.45) is 3.17. The van der Waals surface area contributed by atoms with Crippen LogP contribution >= 0.6 is 23.1 Å². The molecule has 0 aliphatic carbocycles. The lowest BCUT2D eigenvalue weighted by Crippen LogP contribution is -2.71. The largest absolute Gasteiger partial charge is 0.497 e. The summed E-state index contributed by atoms with van der Waals surface area (Å²) in [6.45, 7) is -0.955. The van der Waals surface area contributed by atoms with Gasteiger partial charge in [0.05, 0.1) is 7.11 Å². The van der Waals surface area contributed by atoms with E-state index in [1.165, 1.54) is 41.2 Å². The topological polar surface area (TPSA) is 167 Å². The zero-order chi connectivity index (χ0) is 44.5. The summed E-state index contributed by atoms with van der Waals surface area (Å²) < 4.78 is 34.1. The average Bonchev–Trinajstić information content (AvgIpc) is 4.02. The van der Waals surface area contributed by atoms with Gasteiger partial charge in [0, 0.05) is 17.2 Å². The molecule has 0 spiro atoms. The van der Waals surface area contributed by atoms with Crippen molar-refractivity contribution in [3.63, 3.8) is 0 Å². The highest BCUT2D eigenvalue weighted by atomic mass is 32.2. The Hall–Kier alpha value is -7.24. The van der Waals surface area contributed by atoms with E-state index in [0.29, 0.717) is 22.0 Å². The lowest BCUT2D eigenvalue weighted by atomic mass is 9.77. The van der Waals surface area contributed by atoms with Gasteiger partial charge in [-0.1, -0.05) is 114 Å². The van der Waals surface area contributed by atoms with Crippen LogP contribution in [0.25, 0.3) is 6.08 Å². The molecular formula is C47H41FN6O8S2. The van der Waals surface area contributed by atoms with E-state index in [1.807, 2.05) is 54.6 Å². The Kier molecular flexibility index (Phi) is 13.5. The Morgan fingerprint density at radius 1 is 0.938 bits per heavy atom. The lowest BCUT2D eigenvalue weighted by molar-refractivity contribution is -0.153. The van der Waals surface area contributed by atoms with Gasteiger partial charge in [-0.3, -0.25) is 14.5 Å². The van der Waals surface area contributed by atoms with E-state index in [4.69, 9.17) is 28.6 Å². The number of alkyl halides is 1. The SMILES string of the molecule is CO/N=C(\C(=O)N[C@@H]1C(=O)N2C(C(=O)OCc3ccc(OC)cc3)=C(/C=C\c3cc(OCCF)no3)CS[C@H]12)c1csc(NC(c2ccccc2)(c2ccccc2)c2ccccc2)n1. The highest BCUT2D eigenvalue weighted by molar-refractivity contribution is 8.00. The molecule has 2 aliphatic rings. The van der Waals surface area contributed by atoms with Gasteiger partial charge in [-0.25, -0.2) is 14.2 Å². The molecule has 1 fully saturated rings. The second kappa shape index (κ2) is 19.9. The van der Waals surface area contributed by atoms with Crippen molar-refractivity contribution in [2.45, 2.75) is 23.6 Å². The van der Waals surface area contributed by atoms with Crippen molar-refractivity contribution in [1.82, 2.24) is 20.4 Å². The minimum absolute atomic E-state index is 0.0113. The van der Waals surface area contributed by atoms with E-state index in [0.717, 1.165) is 16.7 Å². The summed E-state index contributed by atoms with van der Waals surface area (Å²) in [7, 11) is 2.87. The number of oxime groups is 1. The first kappa shape index (κ1) is 43.4. The first-order valence-electron chi connectivity index (χ1n) is 20.0. The maximum Gasteiger partial charge on any atom is 0.355 e. The fraction of sp³-hybridized carbons (Fsp3) is 0.191. The molecule has 2 aliphatic heterocycles. The quantitative estimate of drug-likeness (QED) is 0.0290. The highest BCUT2D eigenvalue weighted by Gasteiger charge is 2.54. The van der Waals surface area contributed by atoms with Gasteiger partial charge in [0.2, 0.25) is 0 Å². The maximum atomic E-state index is 14.1. The number of halogens is 1. The number of esters is 1. The molecule has 4 heterocycles. The molecule has 0 radical (unpaired) electrons. The van der Waals surface area contributed by atoms with E-state index >= 15 is 0 Å². The Bertz CT molecular complexity index is 2580. The number of nitrogens with zero attached hydrogens (tertiary/aromatic N) is 4. The molecule has 6 aromatic rings. The Balaban J connectivity index is 1.03. The van der Waals surface area contributed by atoms with Crippen LogP contribution in [0.4, 0.5) is 9.52 Å². The molecule has 64 heavy (non-hydrogen) atoms. The number of fused-ring (bicyclic) bond motifs is 1. The van der Waals surface area contributed by atoms with Gasteiger partial charge in [0.25, 0.3) is 17.7 Å². The first-order chi connectivity index (χ1) is 31.3. The highest BCUT2D eigenvalue weighted by Crippen LogP contribution is 2.43. The maximum absolute atomic E-state index is 14.1. The van der Waals surface area contributed by atoms with Crippen LogP contribution in [-0.2, 0) is 36.1 Å². The van der Waals surface area contributed by atoms with Crippen molar-refractivity contribution in [2.75, 3.05) is 38.6 Å². The zero-order valence-corrected chi connectivity index (χ0v) is 36.1. The fourth-order valence-corrected chi connectivity index (χ4v) is 9.40. The number of allylic oxidation sites excluding steroid dienone is 1. The van der Waals surface area contributed by atoms with E-state index in [9.17, 15) is 18.8 Å². The Morgan fingerprint density at radius 3 is 2.20 bits per heavy atom.